The van der Waals surface area contributed by atoms with Gasteiger partial charge in [0, 0.05) is 15.6 Å². The Hall–Kier alpha value is -1.44. The molecule has 0 unspecified atom stereocenters. The third kappa shape index (κ3) is 2.81. The molecule has 0 spiro atoms. The summed E-state index contributed by atoms with van der Waals surface area (Å²) in [4.78, 5) is 4.43. The van der Waals surface area contributed by atoms with Crippen molar-refractivity contribution >= 4 is 53.9 Å². The molecule has 0 fully saturated rings. The van der Waals surface area contributed by atoms with Crippen LogP contribution in [0.5, 0.6) is 0 Å². The third-order valence-corrected chi connectivity index (χ3v) is 6.97. The van der Waals surface area contributed by atoms with Crippen LogP contribution in [0, 0.1) is 6.92 Å². The molecule has 1 N–H and O–H groups in total. The number of anilines is 1. The lowest BCUT2D eigenvalue weighted by atomic mass is 10.2. The first kappa shape index (κ1) is 14.5. The lowest BCUT2D eigenvalue weighted by molar-refractivity contribution is 0.603. The fraction of sp³-hybridized carbons (Fsp3) is 0.0714. The van der Waals surface area contributed by atoms with Crippen molar-refractivity contribution in [1.82, 2.24) is 4.98 Å². The molecule has 1 aromatic carbocycles. The zero-order chi connectivity index (χ0) is 15.0. The molecule has 0 amide bonds. The average molecular weight is 383 g/mol. The van der Waals surface area contributed by atoms with Gasteiger partial charge in [-0.3, -0.25) is 9.71 Å². The fourth-order valence-corrected chi connectivity index (χ4v) is 5.39. The standard InChI is InChI=1S/C14H11BrN2O2S2/c1-9-5-6-10-3-2-4-12(13(10)16-9)17-21(18,19)14-11(15)7-8-20-14/h2-8,17H,1H3. The van der Waals surface area contributed by atoms with Crippen molar-refractivity contribution in [3.63, 3.8) is 0 Å². The first-order valence-electron chi connectivity index (χ1n) is 6.09. The average Bonchev–Trinajstić information content (AvgIpc) is 2.86. The van der Waals surface area contributed by atoms with E-state index in [0.29, 0.717) is 15.7 Å². The number of thiophene rings is 1. The van der Waals surface area contributed by atoms with Crippen LogP contribution < -0.4 is 4.72 Å². The number of nitrogens with one attached hydrogen (secondary N) is 1. The predicted octanol–water partition coefficient (Wildman–Crippen LogP) is 4.17. The third-order valence-electron chi connectivity index (χ3n) is 2.93. The molecule has 0 radical (unpaired) electrons. The van der Waals surface area contributed by atoms with Crippen LogP contribution in [0.3, 0.4) is 0 Å². The highest BCUT2D eigenvalue weighted by Crippen LogP contribution is 2.31. The molecule has 2 heterocycles. The molecule has 4 nitrogen and oxygen atoms in total. The number of para-hydroxylation sites is 1. The van der Waals surface area contributed by atoms with Crippen LogP contribution >= 0.6 is 27.3 Å². The van der Waals surface area contributed by atoms with Gasteiger partial charge in [-0.05, 0) is 46.4 Å². The molecule has 2 aromatic heterocycles. The first-order valence-corrected chi connectivity index (χ1v) is 9.25. The van der Waals surface area contributed by atoms with Gasteiger partial charge in [0.1, 0.15) is 0 Å². The maximum Gasteiger partial charge on any atom is 0.272 e. The summed E-state index contributed by atoms with van der Waals surface area (Å²) in [7, 11) is -3.62. The molecule has 0 bridgehead atoms. The number of nitrogens with zero attached hydrogens (tertiary/aromatic N) is 1. The molecular weight excluding hydrogens is 372 g/mol. The lowest BCUT2D eigenvalue weighted by Crippen LogP contribution is -2.12. The van der Waals surface area contributed by atoms with Gasteiger partial charge in [-0.15, -0.1) is 11.3 Å². The Labute approximate surface area is 135 Å². The number of sulfonamides is 1. The highest BCUT2D eigenvalue weighted by Gasteiger charge is 2.20. The minimum atomic E-state index is -3.62. The first-order chi connectivity index (χ1) is 9.97. The summed E-state index contributed by atoms with van der Waals surface area (Å²) in [5.74, 6) is 0. The summed E-state index contributed by atoms with van der Waals surface area (Å²) < 4.78 is 28.3. The van der Waals surface area contributed by atoms with E-state index in [2.05, 4.69) is 25.6 Å². The van der Waals surface area contributed by atoms with E-state index in [9.17, 15) is 8.42 Å². The van der Waals surface area contributed by atoms with Crippen molar-refractivity contribution in [3.05, 3.63) is 51.9 Å². The molecule has 21 heavy (non-hydrogen) atoms. The lowest BCUT2D eigenvalue weighted by Gasteiger charge is -2.10. The summed E-state index contributed by atoms with van der Waals surface area (Å²) in [5.41, 5.74) is 1.97. The van der Waals surface area contributed by atoms with E-state index < -0.39 is 10.0 Å². The zero-order valence-electron chi connectivity index (χ0n) is 11.0. The molecule has 0 saturated heterocycles. The normalized spacial score (nSPS) is 11.7. The molecule has 7 heteroatoms. The van der Waals surface area contributed by atoms with Crippen LogP contribution in [0.1, 0.15) is 5.69 Å². The molecule has 0 aliphatic carbocycles. The van der Waals surface area contributed by atoms with Gasteiger partial charge in [-0.2, -0.15) is 0 Å². The van der Waals surface area contributed by atoms with E-state index in [1.807, 2.05) is 25.1 Å². The molecule has 3 rings (SSSR count). The Kier molecular flexibility index (Phi) is 3.73. The summed E-state index contributed by atoms with van der Waals surface area (Å²) in [6.07, 6.45) is 0. The second kappa shape index (κ2) is 5.40. The molecule has 0 aliphatic heterocycles. The van der Waals surface area contributed by atoms with Gasteiger partial charge in [0.2, 0.25) is 0 Å². The number of pyridine rings is 1. The maximum atomic E-state index is 12.5. The van der Waals surface area contributed by atoms with E-state index in [4.69, 9.17) is 0 Å². The summed E-state index contributed by atoms with van der Waals surface area (Å²) >= 11 is 4.42. The van der Waals surface area contributed by atoms with Crippen molar-refractivity contribution in [2.24, 2.45) is 0 Å². The van der Waals surface area contributed by atoms with E-state index in [1.54, 1.807) is 23.6 Å². The van der Waals surface area contributed by atoms with Crippen molar-refractivity contribution < 1.29 is 8.42 Å². The van der Waals surface area contributed by atoms with Crippen LogP contribution in [0.25, 0.3) is 10.9 Å². The van der Waals surface area contributed by atoms with Crippen molar-refractivity contribution in [1.29, 1.82) is 0 Å². The summed E-state index contributed by atoms with van der Waals surface area (Å²) in [6.45, 7) is 1.88. The highest BCUT2D eigenvalue weighted by molar-refractivity contribution is 9.10. The number of hydrogen-bond acceptors (Lipinski definition) is 4. The SMILES string of the molecule is Cc1ccc2cccc(NS(=O)(=O)c3sccc3Br)c2n1. The van der Waals surface area contributed by atoms with E-state index >= 15 is 0 Å². The van der Waals surface area contributed by atoms with Crippen LogP contribution in [-0.2, 0) is 10.0 Å². The smallest absolute Gasteiger partial charge is 0.272 e. The fourth-order valence-electron chi connectivity index (χ4n) is 1.99. The van der Waals surface area contributed by atoms with Gasteiger partial charge < -0.3 is 0 Å². The quantitative estimate of drug-likeness (QED) is 0.739. The van der Waals surface area contributed by atoms with Crippen molar-refractivity contribution in [2.75, 3.05) is 4.72 Å². The molecule has 0 atom stereocenters. The summed E-state index contributed by atoms with van der Waals surface area (Å²) in [6, 6.07) is 11.0. The number of aromatic nitrogens is 1. The van der Waals surface area contributed by atoms with E-state index in [1.165, 1.54) is 11.3 Å². The number of benzene rings is 1. The van der Waals surface area contributed by atoms with Crippen molar-refractivity contribution in [3.8, 4) is 0 Å². The second-order valence-corrected chi connectivity index (χ2v) is 8.14. The minimum Gasteiger partial charge on any atom is -0.277 e. The number of aryl methyl sites for hydroxylation is 1. The second-order valence-electron chi connectivity index (χ2n) is 4.49. The van der Waals surface area contributed by atoms with Crippen molar-refractivity contribution in [2.45, 2.75) is 11.1 Å². The maximum absolute atomic E-state index is 12.5. The topological polar surface area (TPSA) is 59.1 Å². The number of hydrogen-bond donors (Lipinski definition) is 1. The monoisotopic (exact) mass is 382 g/mol. The highest BCUT2D eigenvalue weighted by atomic mass is 79.9. The van der Waals surface area contributed by atoms with Crippen LogP contribution in [-0.4, -0.2) is 13.4 Å². The Morgan fingerprint density at radius 1 is 1.19 bits per heavy atom. The van der Waals surface area contributed by atoms with E-state index in [0.717, 1.165) is 11.1 Å². The molecule has 3 aromatic rings. The Morgan fingerprint density at radius 3 is 2.71 bits per heavy atom. The van der Waals surface area contributed by atoms with Gasteiger partial charge in [0.05, 0.1) is 11.2 Å². The molecular formula is C14H11BrN2O2S2. The van der Waals surface area contributed by atoms with Crippen LogP contribution in [0.15, 0.2) is 50.5 Å². The summed E-state index contributed by atoms with van der Waals surface area (Å²) in [5, 5.41) is 2.62. The number of halogens is 1. The number of rotatable bonds is 3. The predicted molar refractivity (Wildman–Crippen MR) is 89.3 cm³/mol. The number of fused-ring (bicyclic) bond motifs is 1. The molecule has 0 aliphatic rings. The van der Waals surface area contributed by atoms with Crippen LogP contribution in [0.4, 0.5) is 5.69 Å². The van der Waals surface area contributed by atoms with Crippen LogP contribution in [0.2, 0.25) is 0 Å². The largest absolute Gasteiger partial charge is 0.277 e. The Morgan fingerprint density at radius 2 is 2.00 bits per heavy atom. The van der Waals surface area contributed by atoms with Gasteiger partial charge in [0.25, 0.3) is 10.0 Å². The van der Waals surface area contributed by atoms with Gasteiger partial charge in [-0.25, -0.2) is 8.42 Å². The molecule has 0 saturated carbocycles. The molecule has 108 valence electrons. The minimum absolute atomic E-state index is 0.257. The zero-order valence-corrected chi connectivity index (χ0v) is 14.2. The van der Waals surface area contributed by atoms with Gasteiger partial charge >= 0.3 is 0 Å². The van der Waals surface area contributed by atoms with E-state index in [-0.39, 0.29) is 4.21 Å². The Balaban J connectivity index is 2.10. The van der Waals surface area contributed by atoms with Gasteiger partial charge in [-0.1, -0.05) is 18.2 Å². The Bertz CT molecular complexity index is 920. The van der Waals surface area contributed by atoms with Gasteiger partial charge in [0.15, 0.2) is 4.21 Å².